The number of hydrogen-bond donors (Lipinski definition) is 0. The molecule has 0 bridgehead atoms. The summed E-state index contributed by atoms with van der Waals surface area (Å²) in [5.74, 6) is 0.431. The smallest absolute Gasteiger partial charge is 0.273 e. The number of hydrazine groups is 1. The zero-order valence-electron chi connectivity index (χ0n) is 18.1. The lowest BCUT2D eigenvalue weighted by atomic mass is 10.0. The number of likely N-dealkylation sites (N-methyl/N-ethyl adjacent to an activating group) is 1. The molecule has 3 aliphatic rings. The Bertz CT molecular complexity index is 835. The maximum Gasteiger partial charge on any atom is 0.273 e. The van der Waals surface area contributed by atoms with Crippen LogP contribution in [0.5, 0.6) is 5.75 Å². The molecule has 0 spiro atoms. The topological polar surface area (TPSA) is 70.2 Å². The summed E-state index contributed by atoms with van der Waals surface area (Å²) in [4.78, 5) is 39.8. The summed E-state index contributed by atoms with van der Waals surface area (Å²) in [7, 11) is 0. The van der Waals surface area contributed by atoms with Crippen molar-refractivity contribution < 1.29 is 19.1 Å². The summed E-state index contributed by atoms with van der Waals surface area (Å²) in [5, 5.41) is 2.33. The van der Waals surface area contributed by atoms with Crippen LogP contribution in [-0.2, 0) is 16.1 Å². The third-order valence-corrected chi connectivity index (χ3v) is 6.75. The van der Waals surface area contributed by atoms with Crippen LogP contribution in [0.3, 0.4) is 0 Å². The maximum atomic E-state index is 12.8. The zero-order chi connectivity index (χ0) is 21.4. The number of imide groups is 1. The monoisotopic (exact) mass is 413 g/mol. The third kappa shape index (κ3) is 3.60. The van der Waals surface area contributed by atoms with Gasteiger partial charge in [-0.3, -0.25) is 19.3 Å². The Morgan fingerprint density at radius 3 is 2.43 bits per heavy atom. The summed E-state index contributed by atoms with van der Waals surface area (Å²) in [6, 6.07) is 5.88. The number of carbonyl (C=O) groups excluding carboxylic acids is 3. The van der Waals surface area contributed by atoms with Crippen LogP contribution in [0.25, 0.3) is 0 Å². The Labute approximate surface area is 177 Å². The molecule has 1 aromatic carbocycles. The molecule has 1 saturated carbocycles. The lowest BCUT2D eigenvalue weighted by Gasteiger charge is -2.34. The third-order valence-electron chi connectivity index (χ3n) is 6.75. The first-order chi connectivity index (χ1) is 14.4. The lowest BCUT2D eigenvalue weighted by Crippen LogP contribution is -2.51. The van der Waals surface area contributed by atoms with E-state index in [9.17, 15) is 14.4 Å². The van der Waals surface area contributed by atoms with Gasteiger partial charge >= 0.3 is 0 Å². The molecule has 3 atom stereocenters. The average molecular weight is 414 g/mol. The summed E-state index contributed by atoms with van der Waals surface area (Å²) < 4.78 is 6.41. The van der Waals surface area contributed by atoms with E-state index in [-0.39, 0.29) is 30.4 Å². The minimum absolute atomic E-state index is 0.122. The second kappa shape index (κ2) is 8.38. The van der Waals surface area contributed by atoms with Crippen molar-refractivity contribution in [3.8, 4) is 5.75 Å². The van der Waals surface area contributed by atoms with Crippen LogP contribution in [0.2, 0.25) is 0 Å². The first kappa shape index (κ1) is 20.8. The minimum Gasteiger partial charge on any atom is -0.489 e. The van der Waals surface area contributed by atoms with Crippen molar-refractivity contribution in [2.24, 2.45) is 5.92 Å². The Hall–Kier alpha value is -2.41. The van der Waals surface area contributed by atoms with Crippen LogP contribution >= 0.6 is 0 Å². The van der Waals surface area contributed by atoms with Crippen LogP contribution in [0.15, 0.2) is 18.2 Å². The average Bonchev–Trinajstić information content (AvgIpc) is 3.23. The predicted molar refractivity (Wildman–Crippen MR) is 112 cm³/mol. The number of fused-ring (bicyclic) bond motifs is 1. The number of nitrogens with zero attached hydrogens (tertiary/aromatic N) is 3. The van der Waals surface area contributed by atoms with Crippen LogP contribution in [0.4, 0.5) is 0 Å². The van der Waals surface area contributed by atoms with Crippen molar-refractivity contribution >= 4 is 17.7 Å². The van der Waals surface area contributed by atoms with Gasteiger partial charge in [0.15, 0.2) is 0 Å². The highest BCUT2D eigenvalue weighted by atomic mass is 16.5. The van der Waals surface area contributed by atoms with Crippen LogP contribution in [-0.4, -0.2) is 57.9 Å². The molecular formula is C23H31N3O4. The van der Waals surface area contributed by atoms with E-state index in [1.165, 1.54) is 5.01 Å². The van der Waals surface area contributed by atoms with Gasteiger partial charge < -0.3 is 4.74 Å². The van der Waals surface area contributed by atoms with E-state index >= 15 is 0 Å². The van der Waals surface area contributed by atoms with Gasteiger partial charge in [-0.15, -0.1) is 0 Å². The van der Waals surface area contributed by atoms with Crippen molar-refractivity contribution in [1.29, 1.82) is 0 Å². The zero-order valence-corrected chi connectivity index (χ0v) is 18.1. The molecule has 0 aromatic heterocycles. The van der Waals surface area contributed by atoms with Crippen molar-refractivity contribution in [3.63, 3.8) is 0 Å². The van der Waals surface area contributed by atoms with Crippen molar-refractivity contribution in [2.75, 3.05) is 13.1 Å². The van der Waals surface area contributed by atoms with Gasteiger partial charge in [-0.1, -0.05) is 20.8 Å². The molecule has 2 aliphatic heterocycles. The van der Waals surface area contributed by atoms with Gasteiger partial charge in [0.25, 0.3) is 5.91 Å². The summed E-state index contributed by atoms with van der Waals surface area (Å²) >= 11 is 0. The molecule has 7 nitrogen and oxygen atoms in total. The number of ether oxygens (including phenoxy) is 1. The molecule has 7 heteroatoms. The highest BCUT2D eigenvalue weighted by Crippen LogP contribution is 2.35. The number of benzene rings is 1. The maximum absolute atomic E-state index is 12.8. The largest absolute Gasteiger partial charge is 0.489 e. The SMILES string of the molecule is CCN(CC)[C@@H]1[C@@H](C)CC[C@H]1Oc1ccc2c(c1)CN(N1C(=O)CCCC1=O)C2=O. The molecule has 1 saturated heterocycles. The summed E-state index contributed by atoms with van der Waals surface area (Å²) in [6.45, 7) is 8.88. The van der Waals surface area contributed by atoms with E-state index in [1.807, 2.05) is 12.1 Å². The Balaban J connectivity index is 1.52. The first-order valence-corrected chi connectivity index (χ1v) is 11.2. The van der Waals surface area contributed by atoms with Crippen molar-refractivity contribution in [1.82, 2.24) is 14.9 Å². The van der Waals surface area contributed by atoms with E-state index in [0.29, 0.717) is 36.8 Å². The standard InChI is InChI=1S/C23H31N3O4/c1-4-24(5-2)22-15(3)9-12-19(22)30-17-10-11-18-16(13-17)14-25(23(18)29)26-20(27)7-6-8-21(26)28/h10-11,13,15,19,22H,4-9,12,14H2,1-3H3/t15-,19+,22+/m0/s1. The fourth-order valence-electron chi connectivity index (χ4n) is 5.21. The highest BCUT2D eigenvalue weighted by molar-refractivity contribution is 6.04. The molecule has 3 amide bonds. The van der Waals surface area contributed by atoms with E-state index in [2.05, 4.69) is 25.7 Å². The number of carbonyl (C=O) groups is 3. The lowest BCUT2D eigenvalue weighted by molar-refractivity contribution is -0.163. The molecule has 0 unspecified atom stereocenters. The second-order valence-electron chi connectivity index (χ2n) is 8.56. The molecular weight excluding hydrogens is 382 g/mol. The van der Waals surface area contributed by atoms with E-state index in [1.54, 1.807) is 6.07 Å². The fraction of sp³-hybridized carbons (Fsp3) is 0.609. The van der Waals surface area contributed by atoms with Gasteiger partial charge in [-0.05, 0) is 62.0 Å². The molecule has 162 valence electrons. The fourth-order valence-corrected chi connectivity index (χ4v) is 5.21. The van der Waals surface area contributed by atoms with Gasteiger partial charge in [0, 0.05) is 24.4 Å². The molecule has 2 fully saturated rings. The van der Waals surface area contributed by atoms with E-state index in [4.69, 9.17) is 4.74 Å². The first-order valence-electron chi connectivity index (χ1n) is 11.2. The van der Waals surface area contributed by atoms with Gasteiger partial charge in [-0.25, -0.2) is 5.01 Å². The Kier molecular flexibility index (Phi) is 5.82. The quantitative estimate of drug-likeness (QED) is 0.671. The number of amides is 3. The Morgan fingerprint density at radius 2 is 1.77 bits per heavy atom. The minimum atomic E-state index is -0.300. The predicted octanol–water partition coefficient (Wildman–Crippen LogP) is 2.98. The van der Waals surface area contributed by atoms with Gasteiger partial charge in [-0.2, -0.15) is 5.01 Å². The van der Waals surface area contributed by atoms with Crippen LogP contribution < -0.4 is 4.74 Å². The van der Waals surface area contributed by atoms with Crippen LogP contribution in [0, 0.1) is 5.92 Å². The normalized spacial score (nSPS) is 26.7. The summed E-state index contributed by atoms with van der Waals surface area (Å²) in [5.41, 5.74) is 1.34. The second-order valence-corrected chi connectivity index (χ2v) is 8.56. The Morgan fingerprint density at radius 1 is 1.07 bits per heavy atom. The molecule has 0 N–H and O–H groups in total. The number of hydrogen-bond acceptors (Lipinski definition) is 5. The van der Waals surface area contributed by atoms with Gasteiger partial charge in [0.2, 0.25) is 11.8 Å². The molecule has 30 heavy (non-hydrogen) atoms. The van der Waals surface area contributed by atoms with Gasteiger partial charge in [0.05, 0.1) is 6.54 Å². The molecule has 4 rings (SSSR count). The van der Waals surface area contributed by atoms with Gasteiger partial charge in [0.1, 0.15) is 11.9 Å². The van der Waals surface area contributed by atoms with Crippen molar-refractivity contribution in [3.05, 3.63) is 29.3 Å². The van der Waals surface area contributed by atoms with E-state index < -0.39 is 0 Å². The number of rotatable bonds is 6. The van der Waals surface area contributed by atoms with Crippen molar-refractivity contribution in [2.45, 2.75) is 71.6 Å². The molecule has 0 radical (unpaired) electrons. The molecule has 2 heterocycles. The highest BCUT2D eigenvalue weighted by Gasteiger charge is 2.40. The van der Waals surface area contributed by atoms with Crippen LogP contribution in [0.1, 0.15) is 68.8 Å². The molecule has 1 aliphatic carbocycles. The summed E-state index contributed by atoms with van der Waals surface area (Å²) in [6.07, 6.45) is 3.43. The van der Waals surface area contributed by atoms with E-state index in [0.717, 1.165) is 42.3 Å². The molecule has 1 aromatic rings. The number of piperidine rings is 1.